The molecular formula is C41H84N4O3Y. The second-order valence-corrected chi connectivity index (χ2v) is 14.0. The Morgan fingerprint density at radius 3 is 1.69 bits per heavy atom. The summed E-state index contributed by atoms with van der Waals surface area (Å²) in [6, 6.07) is 0.380. The summed E-state index contributed by atoms with van der Waals surface area (Å²) in [4.78, 5) is 30.0. The van der Waals surface area contributed by atoms with Crippen molar-refractivity contribution in [2.75, 3.05) is 6.61 Å². The molecule has 0 aliphatic carbocycles. The van der Waals surface area contributed by atoms with Gasteiger partial charge in [-0.15, -0.1) is 0 Å². The molecule has 0 fully saturated rings. The van der Waals surface area contributed by atoms with Gasteiger partial charge in [-0.05, 0) is 52.9 Å². The van der Waals surface area contributed by atoms with E-state index in [2.05, 4.69) is 53.0 Å². The Kier molecular flexibility index (Phi) is 41.2. The Morgan fingerprint density at radius 2 is 1.24 bits per heavy atom. The van der Waals surface area contributed by atoms with Crippen molar-refractivity contribution in [3.8, 4) is 0 Å². The van der Waals surface area contributed by atoms with E-state index in [0.717, 1.165) is 19.3 Å². The first kappa shape index (κ1) is 52.6. The molecule has 49 heavy (non-hydrogen) atoms. The predicted molar refractivity (Wildman–Crippen MR) is 209 cm³/mol. The maximum absolute atomic E-state index is 13.0. The van der Waals surface area contributed by atoms with Crippen molar-refractivity contribution < 1.29 is 47.4 Å². The number of imidazole rings is 1. The summed E-state index contributed by atoms with van der Waals surface area (Å²) >= 11 is 0. The molecule has 1 heterocycles. The standard InChI is InChI=1S/C34H64N4O2.C5H12O.2CH4.Y/c1-7-9-10-11-12-13-14-15-16-17-18-19-20-21-22-30(6)37-33(39)29(5)25-32(38-24-23-35-27-38)26-31(8-2)34(40)36-28(3)4;1-2-3-4-5-6;;;/h23-24,27-32H,7-22,25-26H2,1-6H3,(H,36,40)(H,37,39);6H,2-5H2,1H3;2*1H4;/i;6D;;;. The van der Waals surface area contributed by atoms with Gasteiger partial charge in [0.15, 0.2) is 0 Å². The molecule has 1 radical (unpaired) electrons. The Labute approximate surface area is 332 Å². The molecule has 0 bridgehead atoms. The number of unbranched alkanes of at least 4 members (excludes halogenated alkanes) is 15. The summed E-state index contributed by atoms with van der Waals surface area (Å²) in [6.07, 6.45) is 31.2. The Morgan fingerprint density at radius 1 is 0.735 bits per heavy atom. The smallest absolute Gasteiger partial charge is 0.223 e. The summed E-state index contributed by atoms with van der Waals surface area (Å²) in [7, 11) is 0. The molecule has 7 nitrogen and oxygen atoms in total. The quantitative estimate of drug-likeness (QED) is 0.0707. The third-order valence-corrected chi connectivity index (χ3v) is 9.00. The summed E-state index contributed by atoms with van der Waals surface area (Å²) in [5, 5.41) is 10.4. The maximum atomic E-state index is 13.0. The van der Waals surface area contributed by atoms with Crippen LogP contribution in [0, 0.1) is 11.8 Å². The Hall–Kier alpha value is -0.786. The van der Waals surface area contributed by atoms with Crippen LogP contribution in [0.2, 0.25) is 0 Å². The van der Waals surface area contributed by atoms with Gasteiger partial charge >= 0.3 is 0 Å². The van der Waals surface area contributed by atoms with Gasteiger partial charge in [0, 0.05) is 81.7 Å². The van der Waals surface area contributed by atoms with Crippen molar-refractivity contribution >= 4 is 11.8 Å². The number of carbonyl (C=O) groups is 2. The molecule has 0 saturated heterocycles. The molecule has 1 rings (SSSR count). The largest absolute Gasteiger partial charge is 0.396 e. The number of aromatic nitrogens is 2. The Balaban J connectivity index is -0.000000952. The molecule has 3 N–H and O–H groups in total. The zero-order valence-corrected chi connectivity index (χ0v) is 34.7. The van der Waals surface area contributed by atoms with E-state index in [0.29, 0.717) is 19.4 Å². The zero-order valence-electron chi connectivity index (χ0n) is 32.9. The van der Waals surface area contributed by atoms with Crippen LogP contribution in [0.5, 0.6) is 0 Å². The molecule has 4 atom stereocenters. The van der Waals surface area contributed by atoms with Gasteiger partial charge < -0.3 is 20.3 Å². The molecular weight excluding hydrogens is 685 g/mol. The number of nitrogens with one attached hydrogen (secondary N) is 2. The SMILES string of the molecule is C.C.CCCCCCCCCCCCCCCCC(C)NC(=O)C(C)CC(CC(CC)C(=O)NC(C)C)n1ccnc1.[2H]OCCCCC.[Y]. The predicted octanol–water partition coefficient (Wildman–Crippen LogP) is 11.2. The number of nitrogens with zero attached hydrogens (tertiary/aromatic N) is 2. The summed E-state index contributed by atoms with van der Waals surface area (Å²) in [6.45, 7) is 15.2. The maximum Gasteiger partial charge on any atom is 0.223 e. The third-order valence-electron chi connectivity index (χ3n) is 9.00. The van der Waals surface area contributed by atoms with Crippen molar-refractivity contribution in [3.05, 3.63) is 18.7 Å². The van der Waals surface area contributed by atoms with Crippen LogP contribution in [-0.4, -0.2) is 46.6 Å². The molecule has 2 amide bonds. The molecule has 289 valence electrons. The second-order valence-electron chi connectivity index (χ2n) is 14.0. The van der Waals surface area contributed by atoms with Crippen LogP contribution in [0.15, 0.2) is 18.7 Å². The summed E-state index contributed by atoms with van der Waals surface area (Å²) < 4.78 is 8.34. The van der Waals surface area contributed by atoms with Crippen LogP contribution in [0.1, 0.15) is 204 Å². The number of hydrogen-bond donors (Lipinski definition) is 3. The first-order chi connectivity index (χ1) is 22.7. The minimum atomic E-state index is -0.128. The summed E-state index contributed by atoms with van der Waals surface area (Å²) in [5.41, 5.74) is 0. The number of amides is 2. The second kappa shape index (κ2) is 38.4. The van der Waals surface area contributed by atoms with E-state index >= 15 is 0 Å². The molecule has 1 aromatic rings. The van der Waals surface area contributed by atoms with Gasteiger partial charge in [0.25, 0.3) is 0 Å². The number of aliphatic hydroxyl groups is 1. The van der Waals surface area contributed by atoms with E-state index < -0.39 is 0 Å². The van der Waals surface area contributed by atoms with Crippen LogP contribution in [0.25, 0.3) is 0 Å². The normalized spacial score (nSPS) is 13.3. The average molecular weight is 771 g/mol. The van der Waals surface area contributed by atoms with Crippen molar-refractivity contribution in [3.63, 3.8) is 0 Å². The van der Waals surface area contributed by atoms with Gasteiger partial charge in [0.05, 0.1) is 6.33 Å². The average Bonchev–Trinajstić information content (AvgIpc) is 3.58. The molecule has 4 unspecified atom stereocenters. The molecule has 0 spiro atoms. The van der Waals surface area contributed by atoms with Gasteiger partial charge in [-0.2, -0.15) is 0 Å². The van der Waals surface area contributed by atoms with E-state index in [4.69, 9.17) is 1.43 Å². The molecule has 0 aliphatic heterocycles. The van der Waals surface area contributed by atoms with Gasteiger partial charge in [0.2, 0.25) is 13.2 Å². The fraction of sp³-hybridized carbons (Fsp3) is 0.878. The molecule has 0 saturated carbocycles. The van der Waals surface area contributed by atoms with E-state index in [-0.39, 0.29) is 89.3 Å². The third kappa shape index (κ3) is 31.7. The number of carbonyl (C=O) groups excluding carboxylic acids is 2. The van der Waals surface area contributed by atoms with Gasteiger partial charge in [-0.1, -0.05) is 145 Å². The van der Waals surface area contributed by atoms with Crippen LogP contribution >= 0.6 is 0 Å². The number of hydrogen-bond acceptors (Lipinski definition) is 4. The van der Waals surface area contributed by atoms with Crippen LogP contribution in [0.4, 0.5) is 0 Å². The van der Waals surface area contributed by atoms with Gasteiger partial charge in [0.1, 0.15) is 0 Å². The van der Waals surface area contributed by atoms with Crippen molar-refractivity contribution in [1.29, 1.82) is 1.43 Å². The number of rotatable bonds is 29. The Bertz CT molecular complexity index is 840. The zero-order chi connectivity index (χ0) is 35.1. The molecule has 8 heteroatoms. The fourth-order valence-electron chi connectivity index (χ4n) is 5.98. The van der Waals surface area contributed by atoms with E-state index in [1.54, 1.807) is 12.5 Å². The molecule has 1 aromatic heterocycles. The van der Waals surface area contributed by atoms with Crippen LogP contribution in [-0.2, 0) is 42.3 Å². The van der Waals surface area contributed by atoms with E-state index in [1.165, 1.54) is 103 Å². The van der Waals surface area contributed by atoms with Crippen molar-refractivity contribution in [1.82, 2.24) is 20.2 Å². The van der Waals surface area contributed by atoms with Gasteiger partial charge in [-0.3, -0.25) is 9.59 Å². The van der Waals surface area contributed by atoms with Gasteiger partial charge in [-0.25, -0.2) is 4.98 Å². The van der Waals surface area contributed by atoms with Crippen molar-refractivity contribution in [2.24, 2.45) is 11.8 Å². The first-order valence-corrected chi connectivity index (χ1v) is 19.4. The minimum Gasteiger partial charge on any atom is -0.396 e. The summed E-state index contributed by atoms with van der Waals surface area (Å²) in [5.74, 6) is 0.00493. The first-order valence-electron chi connectivity index (χ1n) is 19.8. The molecule has 0 aromatic carbocycles. The van der Waals surface area contributed by atoms with Crippen molar-refractivity contribution in [2.45, 2.75) is 216 Å². The van der Waals surface area contributed by atoms with E-state index in [9.17, 15) is 9.59 Å². The number of aliphatic hydroxyl groups excluding tert-OH is 1. The molecule has 0 aliphatic rings. The fourth-order valence-corrected chi connectivity index (χ4v) is 5.98. The minimum absolute atomic E-state index is 0. The monoisotopic (exact) mass is 771 g/mol. The van der Waals surface area contributed by atoms with E-state index in [1.807, 2.05) is 27.0 Å². The van der Waals surface area contributed by atoms with Crippen LogP contribution < -0.4 is 10.6 Å². The topological polar surface area (TPSA) is 96.3 Å². The van der Waals surface area contributed by atoms with Crippen LogP contribution in [0.3, 0.4) is 0 Å².